The molecule has 1 aromatic rings. The van der Waals surface area contributed by atoms with E-state index in [1.165, 1.54) is 19.3 Å². The second kappa shape index (κ2) is 8.10. The fourth-order valence-corrected chi connectivity index (χ4v) is 1.90. The molecule has 0 saturated heterocycles. The van der Waals surface area contributed by atoms with E-state index in [0.717, 1.165) is 28.1 Å². The summed E-state index contributed by atoms with van der Waals surface area (Å²) in [7, 11) is 0. The molecule has 0 atom stereocenters. The van der Waals surface area contributed by atoms with Crippen LogP contribution in [0.1, 0.15) is 38.2 Å². The Hall–Kier alpha value is -0.0500. The molecule has 0 bridgehead atoms. The molecule has 90 valence electrons. The van der Waals surface area contributed by atoms with Gasteiger partial charge in [0.25, 0.3) is 0 Å². The van der Waals surface area contributed by atoms with E-state index in [1.54, 1.807) is 0 Å². The molecule has 0 aliphatic rings. The number of hydrogen-bond acceptors (Lipinski definition) is 1. The SMILES string of the molecule is CCCCCCOCc1ccc(Br)c(Cl)c1. The lowest BCUT2D eigenvalue weighted by molar-refractivity contribution is 0.117. The zero-order valence-electron chi connectivity index (χ0n) is 9.64. The Morgan fingerprint density at radius 1 is 1.25 bits per heavy atom. The van der Waals surface area contributed by atoms with Gasteiger partial charge in [-0.25, -0.2) is 0 Å². The average Bonchev–Trinajstić information content (AvgIpc) is 2.28. The van der Waals surface area contributed by atoms with E-state index in [1.807, 2.05) is 18.2 Å². The van der Waals surface area contributed by atoms with Gasteiger partial charge in [-0.15, -0.1) is 0 Å². The Kier molecular flexibility index (Phi) is 7.10. The molecule has 1 rings (SSSR count). The van der Waals surface area contributed by atoms with Crippen LogP contribution in [0.2, 0.25) is 5.02 Å². The highest BCUT2D eigenvalue weighted by molar-refractivity contribution is 9.10. The second-order valence-corrected chi connectivity index (χ2v) is 5.12. The van der Waals surface area contributed by atoms with Crippen molar-refractivity contribution < 1.29 is 4.74 Å². The topological polar surface area (TPSA) is 9.23 Å². The van der Waals surface area contributed by atoms with Gasteiger partial charge < -0.3 is 4.74 Å². The number of unbranched alkanes of at least 4 members (excludes halogenated alkanes) is 3. The first-order valence-corrected chi connectivity index (χ1v) is 6.92. The van der Waals surface area contributed by atoms with Crippen LogP contribution in [-0.2, 0) is 11.3 Å². The van der Waals surface area contributed by atoms with Crippen LogP contribution in [0.15, 0.2) is 22.7 Å². The molecular formula is C13H18BrClO. The first-order valence-electron chi connectivity index (χ1n) is 5.75. The summed E-state index contributed by atoms with van der Waals surface area (Å²) in [4.78, 5) is 0. The van der Waals surface area contributed by atoms with Gasteiger partial charge in [-0.2, -0.15) is 0 Å². The maximum atomic E-state index is 5.99. The predicted octanol–water partition coefficient (Wildman–Crippen LogP) is 5.20. The number of hydrogen-bond donors (Lipinski definition) is 0. The fraction of sp³-hybridized carbons (Fsp3) is 0.538. The molecule has 0 spiro atoms. The molecule has 0 radical (unpaired) electrons. The van der Waals surface area contributed by atoms with Crippen LogP contribution in [0, 0.1) is 0 Å². The lowest BCUT2D eigenvalue weighted by Crippen LogP contribution is -1.95. The molecule has 3 heteroatoms. The summed E-state index contributed by atoms with van der Waals surface area (Å²) in [6.45, 7) is 3.71. The third-order valence-corrected chi connectivity index (χ3v) is 3.63. The van der Waals surface area contributed by atoms with Crippen LogP contribution < -0.4 is 0 Å². The van der Waals surface area contributed by atoms with Crippen LogP contribution in [0.5, 0.6) is 0 Å². The van der Waals surface area contributed by atoms with Crippen molar-refractivity contribution in [3.8, 4) is 0 Å². The molecule has 0 heterocycles. The zero-order chi connectivity index (χ0) is 11.8. The number of rotatable bonds is 7. The molecule has 0 unspecified atom stereocenters. The van der Waals surface area contributed by atoms with Gasteiger partial charge in [0, 0.05) is 11.1 Å². The highest BCUT2D eigenvalue weighted by Crippen LogP contribution is 2.23. The van der Waals surface area contributed by atoms with Gasteiger partial charge >= 0.3 is 0 Å². The Morgan fingerprint density at radius 3 is 2.75 bits per heavy atom. The Morgan fingerprint density at radius 2 is 2.06 bits per heavy atom. The minimum atomic E-state index is 0.652. The van der Waals surface area contributed by atoms with E-state index in [9.17, 15) is 0 Å². The van der Waals surface area contributed by atoms with Gasteiger partial charge in [0.1, 0.15) is 0 Å². The van der Waals surface area contributed by atoms with Crippen molar-refractivity contribution >= 4 is 27.5 Å². The molecule has 0 amide bonds. The van der Waals surface area contributed by atoms with Crippen molar-refractivity contribution in [1.29, 1.82) is 0 Å². The van der Waals surface area contributed by atoms with E-state index in [2.05, 4.69) is 22.9 Å². The first kappa shape index (κ1) is 14.0. The van der Waals surface area contributed by atoms with E-state index in [-0.39, 0.29) is 0 Å². The zero-order valence-corrected chi connectivity index (χ0v) is 12.0. The quantitative estimate of drug-likeness (QED) is 0.629. The minimum Gasteiger partial charge on any atom is -0.377 e. The highest BCUT2D eigenvalue weighted by atomic mass is 79.9. The van der Waals surface area contributed by atoms with Crippen molar-refractivity contribution in [3.05, 3.63) is 33.3 Å². The van der Waals surface area contributed by atoms with E-state index < -0.39 is 0 Å². The Bertz CT molecular complexity index is 315. The molecule has 0 N–H and O–H groups in total. The lowest BCUT2D eigenvalue weighted by atomic mass is 10.2. The Labute approximate surface area is 111 Å². The molecular weight excluding hydrogens is 287 g/mol. The van der Waals surface area contributed by atoms with Crippen molar-refractivity contribution in [2.75, 3.05) is 6.61 Å². The molecule has 1 nitrogen and oxygen atoms in total. The molecule has 0 fully saturated rings. The molecule has 16 heavy (non-hydrogen) atoms. The van der Waals surface area contributed by atoms with Gasteiger partial charge in [-0.3, -0.25) is 0 Å². The monoisotopic (exact) mass is 304 g/mol. The summed E-state index contributed by atoms with van der Waals surface area (Å²) in [5.74, 6) is 0. The molecule has 0 aromatic heterocycles. The summed E-state index contributed by atoms with van der Waals surface area (Å²) in [6.07, 6.45) is 4.98. The van der Waals surface area contributed by atoms with Gasteiger partial charge in [0.15, 0.2) is 0 Å². The molecule has 0 saturated carbocycles. The maximum absolute atomic E-state index is 5.99. The summed E-state index contributed by atoms with van der Waals surface area (Å²) in [6, 6.07) is 5.93. The van der Waals surface area contributed by atoms with Gasteiger partial charge in [0.2, 0.25) is 0 Å². The summed E-state index contributed by atoms with van der Waals surface area (Å²) in [5, 5.41) is 0.743. The molecule has 0 aliphatic carbocycles. The normalized spacial score (nSPS) is 10.7. The Balaban J connectivity index is 2.19. The minimum absolute atomic E-state index is 0.652. The first-order chi connectivity index (χ1) is 7.74. The highest BCUT2D eigenvalue weighted by Gasteiger charge is 1.99. The fourth-order valence-electron chi connectivity index (χ4n) is 1.45. The third-order valence-electron chi connectivity index (χ3n) is 2.39. The maximum Gasteiger partial charge on any atom is 0.0717 e. The lowest BCUT2D eigenvalue weighted by Gasteiger charge is -2.05. The van der Waals surface area contributed by atoms with Crippen LogP contribution >= 0.6 is 27.5 Å². The number of benzene rings is 1. The van der Waals surface area contributed by atoms with E-state index >= 15 is 0 Å². The van der Waals surface area contributed by atoms with E-state index in [0.29, 0.717) is 6.61 Å². The second-order valence-electron chi connectivity index (χ2n) is 3.86. The summed E-state index contributed by atoms with van der Waals surface area (Å²) in [5.41, 5.74) is 1.13. The standard InChI is InChI=1S/C13H18BrClO/c1-2-3-4-5-8-16-10-11-6-7-12(14)13(15)9-11/h6-7,9H,2-5,8,10H2,1H3. The van der Waals surface area contributed by atoms with Gasteiger partial charge in [0.05, 0.1) is 11.6 Å². The van der Waals surface area contributed by atoms with Crippen LogP contribution in [0.4, 0.5) is 0 Å². The molecule has 0 aliphatic heterocycles. The summed E-state index contributed by atoms with van der Waals surface area (Å²) >= 11 is 9.36. The van der Waals surface area contributed by atoms with Gasteiger partial charge in [-0.1, -0.05) is 43.9 Å². The van der Waals surface area contributed by atoms with Crippen LogP contribution in [-0.4, -0.2) is 6.61 Å². The molecule has 1 aromatic carbocycles. The average molecular weight is 306 g/mol. The van der Waals surface area contributed by atoms with Crippen molar-refractivity contribution in [2.24, 2.45) is 0 Å². The van der Waals surface area contributed by atoms with Crippen LogP contribution in [0.25, 0.3) is 0 Å². The number of ether oxygens (including phenoxy) is 1. The third kappa shape index (κ3) is 5.33. The van der Waals surface area contributed by atoms with Crippen molar-refractivity contribution in [3.63, 3.8) is 0 Å². The summed E-state index contributed by atoms with van der Waals surface area (Å²) < 4.78 is 6.52. The van der Waals surface area contributed by atoms with E-state index in [4.69, 9.17) is 16.3 Å². The van der Waals surface area contributed by atoms with Crippen LogP contribution in [0.3, 0.4) is 0 Å². The smallest absolute Gasteiger partial charge is 0.0717 e. The number of halogens is 2. The van der Waals surface area contributed by atoms with Crippen molar-refractivity contribution in [1.82, 2.24) is 0 Å². The largest absolute Gasteiger partial charge is 0.377 e. The predicted molar refractivity (Wildman–Crippen MR) is 73.0 cm³/mol. The van der Waals surface area contributed by atoms with Crippen molar-refractivity contribution in [2.45, 2.75) is 39.2 Å². The van der Waals surface area contributed by atoms with Gasteiger partial charge in [-0.05, 0) is 40.0 Å².